The third-order valence-corrected chi connectivity index (χ3v) is 5.42. The Kier molecular flexibility index (Phi) is 9.57. The van der Waals surface area contributed by atoms with E-state index in [1.165, 1.54) is 14.0 Å². The number of amides is 2. The molecule has 2 N–H and O–H groups in total. The summed E-state index contributed by atoms with van der Waals surface area (Å²) in [5.41, 5.74) is -0.479. The number of nitrogens with one attached hydrogen (secondary N) is 2. The first kappa shape index (κ1) is 25.4. The van der Waals surface area contributed by atoms with Gasteiger partial charge in [-0.05, 0) is 20.8 Å². The van der Waals surface area contributed by atoms with E-state index in [0.717, 1.165) is 11.8 Å². The Bertz CT molecular complexity index is 622. The molecule has 1 aliphatic rings. The van der Waals surface area contributed by atoms with Crippen molar-refractivity contribution in [2.24, 2.45) is 11.3 Å². The molecular formula is C19H32N2O7S. The topological polar surface area (TPSA) is 120 Å². The van der Waals surface area contributed by atoms with Crippen molar-refractivity contribution < 1.29 is 33.4 Å². The van der Waals surface area contributed by atoms with Crippen molar-refractivity contribution in [3.63, 3.8) is 0 Å². The van der Waals surface area contributed by atoms with Crippen molar-refractivity contribution in [2.45, 2.75) is 52.9 Å². The van der Waals surface area contributed by atoms with Crippen molar-refractivity contribution in [1.29, 1.82) is 0 Å². The van der Waals surface area contributed by atoms with Crippen LogP contribution >= 0.6 is 11.8 Å². The second-order valence-corrected chi connectivity index (χ2v) is 9.08. The molecule has 1 heterocycles. The lowest BCUT2D eigenvalue weighted by atomic mass is 9.85. The van der Waals surface area contributed by atoms with Crippen LogP contribution in [0.4, 0.5) is 0 Å². The molecule has 1 rings (SSSR count). The standard InChI is InChI=1S/C19H32N2O7S/c1-12(16(24)26-6)17(25)29-10-9-20-13(22)7-8-21-15(23)14-18(2,3)11-27-19(4,5)28-14/h12,14H,7-11H2,1-6H3,(H,20,22)(H,21,23)/t12?,14-/m0/s1. The van der Waals surface area contributed by atoms with Crippen molar-refractivity contribution in [3.8, 4) is 0 Å². The number of carbonyl (C=O) groups excluding carboxylic acids is 4. The smallest absolute Gasteiger partial charge is 0.316 e. The summed E-state index contributed by atoms with van der Waals surface area (Å²) in [6.07, 6.45) is -0.566. The molecule has 9 nitrogen and oxygen atoms in total. The minimum absolute atomic E-state index is 0.107. The molecule has 29 heavy (non-hydrogen) atoms. The van der Waals surface area contributed by atoms with Gasteiger partial charge in [-0.2, -0.15) is 0 Å². The summed E-state index contributed by atoms with van der Waals surface area (Å²) in [4.78, 5) is 47.4. The summed E-state index contributed by atoms with van der Waals surface area (Å²) in [7, 11) is 1.23. The van der Waals surface area contributed by atoms with E-state index < -0.39 is 29.2 Å². The lowest BCUT2D eigenvalue weighted by Crippen LogP contribution is -2.56. The van der Waals surface area contributed by atoms with E-state index in [1.807, 2.05) is 13.8 Å². The van der Waals surface area contributed by atoms with Gasteiger partial charge in [0.2, 0.25) is 16.9 Å². The van der Waals surface area contributed by atoms with Crippen LogP contribution in [-0.4, -0.2) is 67.3 Å². The lowest BCUT2D eigenvalue weighted by molar-refractivity contribution is -0.304. The molecule has 1 saturated heterocycles. The molecule has 1 unspecified atom stereocenters. The Labute approximate surface area is 176 Å². The normalized spacial score (nSPS) is 21.0. The summed E-state index contributed by atoms with van der Waals surface area (Å²) < 4.78 is 15.9. The van der Waals surface area contributed by atoms with E-state index in [-0.39, 0.29) is 36.4 Å². The highest BCUT2D eigenvalue weighted by molar-refractivity contribution is 8.13. The SMILES string of the molecule is COC(=O)C(C)C(=O)SCCNC(=O)CCNC(=O)[C@@H]1OC(C)(C)OCC1(C)C. The van der Waals surface area contributed by atoms with Crippen molar-refractivity contribution in [2.75, 3.05) is 32.6 Å². The monoisotopic (exact) mass is 432 g/mol. The maximum absolute atomic E-state index is 12.5. The van der Waals surface area contributed by atoms with E-state index in [9.17, 15) is 19.2 Å². The highest BCUT2D eigenvalue weighted by atomic mass is 32.2. The van der Waals surface area contributed by atoms with Gasteiger partial charge in [-0.1, -0.05) is 25.6 Å². The third-order valence-electron chi connectivity index (χ3n) is 4.37. The number of carbonyl (C=O) groups is 4. The number of rotatable bonds is 9. The molecule has 0 aliphatic carbocycles. The van der Waals surface area contributed by atoms with Crippen LogP contribution in [0.2, 0.25) is 0 Å². The maximum atomic E-state index is 12.5. The average Bonchev–Trinajstić information content (AvgIpc) is 2.65. The van der Waals surface area contributed by atoms with Crippen LogP contribution in [0, 0.1) is 11.3 Å². The molecule has 0 spiro atoms. The minimum Gasteiger partial charge on any atom is -0.468 e. The molecule has 0 bridgehead atoms. The number of hydrogen-bond donors (Lipinski definition) is 2. The van der Waals surface area contributed by atoms with Crippen LogP contribution in [0.3, 0.4) is 0 Å². The number of hydrogen-bond acceptors (Lipinski definition) is 8. The van der Waals surface area contributed by atoms with Gasteiger partial charge in [-0.15, -0.1) is 0 Å². The van der Waals surface area contributed by atoms with Gasteiger partial charge in [0.1, 0.15) is 12.0 Å². The predicted molar refractivity (Wildman–Crippen MR) is 108 cm³/mol. The van der Waals surface area contributed by atoms with Crippen LogP contribution in [-0.2, 0) is 33.4 Å². The molecule has 0 radical (unpaired) electrons. The van der Waals surface area contributed by atoms with E-state index in [0.29, 0.717) is 12.4 Å². The fourth-order valence-electron chi connectivity index (χ4n) is 2.54. The molecule has 0 aromatic carbocycles. The van der Waals surface area contributed by atoms with Crippen LogP contribution < -0.4 is 10.6 Å². The molecule has 2 atom stereocenters. The molecule has 166 valence electrons. The molecule has 1 fully saturated rings. The van der Waals surface area contributed by atoms with Crippen molar-refractivity contribution in [3.05, 3.63) is 0 Å². The first-order valence-electron chi connectivity index (χ1n) is 9.50. The van der Waals surface area contributed by atoms with Gasteiger partial charge in [0.15, 0.2) is 5.79 Å². The van der Waals surface area contributed by atoms with Gasteiger partial charge >= 0.3 is 5.97 Å². The highest BCUT2D eigenvalue weighted by Gasteiger charge is 2.45. The van der Waals surface area contributed by atoms with E-state index >= 15 is 0 Å². The van der Waals surface area contributed by atoms with Crippen molar-refractivity contribution >= 4 is 34.7 Å². The van der Waals surface area contributed by atoms with Crippen LogP contribution in [0.25, 0.3) is 0 Å². The molecule has 10 heteroatoms. The van der Waals surface area contributed by atoms with Gasteiger partial charge in [0, 0.05) is 30.7 Å². The first-order valence-corrected chi connectivity index (χ1v) is 10.5. The van der Waals surface area contributed by atoms with Gasteiger partial charge in [-0.25, -0.2) is 0 Å². The summed E-state index contributed by atoms with van der Waals surface area (Å²) in [6.45, 7) is 9.61. The maximum Gasteiger partial charge on any atom is 0.316 e. The van der Waals surface area contributed by atoms with Crippen molar-refractivity contribution in [1.82, 2.24) is 10.6 Å². The number of esters is 1. The predicted octanol–water partition coefficient (Wildman–Crippen LogP) is 0.856. The van der Waals surface area contributed by atoms with Gasteiger partial charge in [0.05, 0.1) is 13.7 Å². The summed E-state index contributed by atoms with van der Waals surface area (Å²) in [6, 6.07) is 0. The molecule has 2 amide bonds. The fourth-order valence-corrected chi connectivity index (χ4v) is 3.29. The average molecular weight is 433 g/mol. The zero-order chi connectivity index (χ0) is 22.2. The number of ether oxygens (including phenoxy) is 3. The van der Waals surface area contributed by atoms with Gasteiger partial charge < -0.3 is 24.8 Å². The number of thioether (sulfide) groups is 1. The van der Waals surface area contributed by atoms with Crippen LogP contribution in [0.5, 0.6) is 0 Å². The molecule has 0 saturated carbocycles. The Morgan fingerprint density at radius 3 is 2.41 bits per heavy atom. The second kappa shape index (κ2) is 10.9. The quantitative estimate of drug-likeness (QED) is 0.313. The molecule has 0 aromatic rings. The fraction of sp³-hybridized carbons (Fsp3) is 0.789. The lowest BCUT2D eigenvalue weighted by Gasteiger charge is -2.44. The van der Waals surface area contributed by atoms with Crippen LogP contribution in [0.15, 0.2) is 0 Å². The Morgan fingerprint density at radius 1 is 1.14 bits per heavy atom. The molecular weight excluding hydrogens is 400 g/mol. The molecule has 0 aromatic heterocycles. The van der Waals surface area contributed by atoms with Gasteiger partial charge in [0.25, 0.3) is 0 Å². The Morgan fingerprint density at radius 2 is 1.79 bits per heavy atom. The van der Waals surface area contributed by atoms with E-state index in [4.69, 9.17) is 9.47 Å². The minimum atomic E-state index is -0.838. The zero-order valence-electron chi connectivity index (χ0n) is 18.0. The summed E-state index contributed by atoms with van der Waals surface area (Å²) >= 11 is 0.965. The second-order valence-electron chi connectivity index (χ2n) is 7.98. The Hall–Kier alpha value is -1.65. The van der Waals surface area contributed by atoms with Gasteiger partial charge in [-0.3, -0.25) is 19.2 Å². The molecule has 1 aliphatic heterocycles. The summed E-state index contributed by atoms with van der Waals surface area (Å²) in [5.74, 6) is -2.43. The summed E-state index contributed by atoms with van der Waals surface area (Å²) in [5, 5.41) is 5.09. The number of methoxy groups -OCH3 is 1. The zero-order valence-corrected chi connectivity index (χ0v) is 18.8. The largest absolute Gasteiger partial charge is 0.468 e. The first-order chi connectivity index (χ1) is 13.4. The highest BCUT2D eigenvalue weighted by Crippen LogP contribution is 2.34. The van der Waals surface area contributed by atoms with E-state index in [2.05, 4.69) is 15.4 Å². The Balaban J connectivity index is 2.27. The van der Waals surface area contributed by atoms with Crippen LogP contribution in [0.1, 0.15) is 41.0 Å². The third kappa shape index (κ3) is 8.31. The van der Waals surface area contributed by atoms with E-state index in [1.54, 1.807) is 13.8 Å².